The van der Waals surface area contributed by atoms with E-state index in [-0.39, 0.29) is 23.5 Å². The lowest BCUT2D eigenvalue weighted by atomic mass is 10.0. The predicted octanol–water partition coefficient (Wildman–Crippen LogP) is 4.03. The molecule has 5 nitrogen and oxygen atoms in total. The van der Waals surface area contributed by atoms with Crippen molar-refractivity contribution in [2.45, 2.75) is 36.4 Å². The maximum absolute atomic E-state index is 13.1. The molecule has 1 N–H and O–H groups in total. The molecular formula is C19H18F4N2O3S. The zero-order valence-corrected chi connectivity index (χ0v) is 15.9. The second-order valence-corrected chi connectivity index (χ2v) is 8.54. The molecule has 29 heavy (non-hydrogen) atoms. The average molecular weight is 430 g/mol. The highest BCUT2D eigenvalue weighted by atomic mass is 32.2. The van der Waals surface area contributed by atoms with Crippen molar-refractivity contribution in [3.8, 4) is 0 Å². The lowest BCUT2D eigenvalue weighted by Crippen LogP contribution is -2.49. The smallest absolute Gasteiger partial charge is 0.325 e. The Hall–Kier alpha value is -2.46. The maximum Gasteiger partial charge on any atom is 0.416 e. The molecule has 1 heterocycles. The number of halogens is 4. The average Bonchev–Trinajstić information content (AvgIpc) is 2.68. The number of alkyl halides is 3. The predicted molar refractivity (Wildman–Crippen MR) is 98.0 cm³/mol. The maximum atomic E-state index is 13.1. The number of piperidine rings is 1. The van der Waals surface area contributed by atoms with Crippen molar-refractivity contribution in [3.05, 3.63) is 59.9 Å². The molecule has 1 atom stereocenters. The van der Waals surface area contributed by atoms with E-state index in [1.807, 2.05) is 0 Å². The van der Waals surface area contributed by atoms with Crippen LogP contribution in [0.2, 0.25) is 0 Å². The van der Waals surface area contributed by atoms with Crippen LogP contribution in [0, 0.1) is 5.82 Å². The lowest BCUT2D eigenvalue weighted by Gasteiger charge is -2.33. The highest BCUT2D eigenvalue weighted by Gasteiger charge is 2.38. The Morgan fingerprint density at radius 1 is 1.07 bits per heavy atom. The third-order valence-corrected chi connectivity index (χ3v) is 6.56. The topological polar surface area (TPSA) is 66.5 Å². The quantitative estimate of drug-likeness (QED) is 0.745. The second kappa shape index (κ2) is 8.11. The van der Waals surface area contributed by atoms with Gasteiger partial charge in [0.05, 0.1) is 10.5 Å². The fourth-order valence-electron chi connectivity index (χ4n) is 3.20. The summed E-state index contributed by atoms with van der Waals surface area (Å²) in [5.74, 6) is -1.31. The van der Waals surface area contributed by atoms with Crippen LogP contribution in [-0.2, 0) is 21.0 Å². The molecule has 1 unspecified atom stereocenters. The van der Waals surface area contributed by atoms with Gasteiger partial charge in [0.1, 0.15) is 11.9 Å². The fourth-order valence-corrected chi connectivity index (χ4v) is 4.85. The van der Waals surface area contributed by atoms with Gasteiger partial charge in [0.2, 0.25) is 15.9 Å². The van der Waals surface area contributed by atoms with Gasteiger partial charge in [-0.1, -0.05) is 12.5 Å². The van der Waals surface area contributed by atoms with Crippen molar-refractivity contribution in [3.63, 3.8) is 0 Å². The van der Waals surface area contributed by atoms with Gasteiger partial charge in [0.15, 0.2) is 0 Å². The molecule has 2 aromatic carbocycles. The number of carbonyl (C=O) groups excluding carboxylic acids is 1. The van der Waals surface area contributed by atoms with E-state index in [9.17, 15) is 30.8 Å². The Balaban J connectivity index is 1.84. The second-order valence-electron chi connectivity index (χ2n) is 6.65. The molecular weight excluding hydrogens is 412 g/mol. The van der Waals surface area contributed by atoms with E-state index in [1.54, 1.807) is 0 Å². The highest BCUT2D eigenvalue weighted by Crippen LogP contribution is 2.31. The van der Waals surface area contributed by atoms with Crippen LogP contribution in [0.5, 0.6) is 0 Å². The first-order chi connectivity index (χ1) is 13.6. The van der Waals surface area contributed by atoms with E-state index in [0.717, 1.165) is 46.8 Å². The summed E-state index contributed by atoms with van der Waals surface area (Å²) in [6, 6.07) is 7.29. The first-order valence-corrected chi connectivity index (χ1v) is 10.3. The Bertz CT molecular complexity index is 991. The van der Waals surface area contributed by atoms with Crippen LogP contribution >= 0.6 is 0 Å². The number of hydrogen-bond donors (Lipinski definition) is 1. The number of nitrogens with zero attached hydrogens (tertiary/aromatic N) is 1. The van der Waals surface area contributed by atoms with Crippen LogP contribution in [0.25, 0.3) is 0 Å². The monoisotopic (exact) mass is 430 g/mol. The summed E-state index contributed by atoms with van der Waals surface area (Å²) in [7, 11) is -4.07. The summed E-state index contributed by atoms with van der Waals surface area (Å²) >= 11 is 0. The number of amides is 1. The first kappa shape index (κ1) is 21.3. The van der Waals surface area contributed by atoms with Gasteiger partial charge in [-0.3, -0.25) is 4.79 Å². The minimum absolute atomic E-state index is 0.0745. The largest absolute Gasteiger partial charge is 0.416 e. The van der Waals surface area contributed by atoms with Gasteiger partial charge in [0.25, 0.3) is 0 Å². The highest BCUT2D eigenvalue weighted by molar-refractivity contribution is 7.89. The number of hydrogen-bond acceptors (Lipinski definition) is 3. The number of anilines is 1. The SMILES string of the molecule is O=C(Nc1cccc(C(F)(F)F)c1)C1CCCCN1S(=O)(=O)c1ccc(F)cc1. The molecule has 2 aromatic rings. The van der Waals surface area contributed by atoms with Crippen molar-refractivity contribution < 1.29 is 30.8 Å². The van der Waals surface area contributed by atoms with Crippen molar-refractivity contribution >= 4 is 21.6 Å². The minimum Gasteiger partial charge on any atom is -0.325 e. The molecule has 0 spiro atoms. The summed E-state index contributed by atoms with van der Waals surface area (Å²) in [5, 5.41) is 2.38. The summed E-state index contributed by atoms with van der Waals surface area (Å²) in [5.41, 5.74) is -0.996. The van der Waals surface area contributed by atoms with Crippen LogP contribution in [0.15, 0.2) is 53.4 Å². The van der Waals surface area contributed by atoms with Crippen LogP contribution in [0.1, 0.15) is 24.8 Å². The number of carbonyl (C=O) groups is 1. The number of sulfonamides is 1. The van der Waals surface area contributed by atoms with Gasteiger partial charge in [-0.2, -0.15) is 17.5 Å². The fraction of sp³-hybridized carbons (Fsp3) is 0.316. The Labute approximate surface area is 165 Å². The molecule has 1 aliphatic rings. The molecule has 0 bridgehead atoms. The molecule has 156 valence electrons. The molecule has 1 saturated heterocycles. The standard InChI is InChI=1S/C19H18F4N2O3S/c20-14-7-9-16(10-8-14)29(27,28)25-11-2-1-6-17(25)18(26)24-15-5-3-4-13(12-15)19(21,22)23/h3-5,7-10,12,17H,1-2,6,11H2,(H,24,26). The van der Waals surface area contributed by atoms with Crippen LogP contribution in [-0.4, -0.2) is 31.2 Å². The van der Waals surface area contributed by atoms with E-state index >= 15 is 0 Å². The van der Waals surface area contributed by atoms with Gasteiger partial charge in [-0.15, -0.1) is 0 Å². The number of nitrogens with one attached hydrogen (secondary N) is 1. The van der Waals surface area contributed by atoms with Crippen LogP contribution in [0.3, 0.4) is 0 Å². The van der Waals surface area contributed by atoms with Crippen LogP contribution in [0.4, 0.5) is 23.2 Å². The van der Waals surface area contributed by atoms with Gasteiger partial charge in [-0.25, -0.2) is 12.8 Å². The molecule has 3 rings (SSSR count). The van der Waals surface area contributed by atoms with Crippen molar-refractivity contribution in [2.75, 3.05) is 11.9 Å². The zero-order chi connectivity index (χ0) is 21.2. The summed E-state index contributed by atoms with van der Waals surface area (Å²) in [6.45, 7) is 0.0837. The van der Waals surface area contributed by atoms with Crippen molar-refractivity contribution in [1.82, 2.24) is 4.31 Å². The van der Waals surface area contributed by atoms with Gasteiger partial charge in [-0.05, 0) is 55.3 Å². The third-order valence-electron chi connectivity index (χ3n) is 4.63. The van der Waals surface area contributed by atoms with Gasteiger partial charge in [0, 0.05) is 12.2 Å². The Morgan fingerprint density at radius 2 is 1.76 bits per heavy atom. The molecule has 10 heteroatoms. The van der Waals surface area contributed by atoms with E-state index in [0.29, 0.717) is 12.8 Å². The summed E-state index contributed by atoms with van der Waals surface area (Å²) < 4.78 is 78.6. The minimum atomic E-state index is -4.57. The number of benzene rings is 2. The van der Waals surface area contributed by atoms with Gasteiger partial charge < -0.3 is 5.32 Å². The Kier molecular flexibility index (Phi) is 5.95. The van der Waals surface area contributed by atoms with Crippen molar-refractivity contribution in [2.24, 2.45) is 0 Å². The molecule has 1 aliphatic heterocycles. The summed E-state index contributed by atoms with van der Waals surface area (Å²) in [6.07, 6.45) is -3.21. The van der Waals surface area contributed by atoms with E-state index in [1.165, 1.54) is 6.07 Å². The van der Waals surface area contributed by atoms with E-state index in [4.69, 9.17) is 0 Å². The van der Waals surface area contributed by atoms with E-state index in [2.05, 4.69) is 5.32 Å². The molecule has 0 aliphatic carbocycles. The third kappa shape index (κ3) is 4.76. The molecule has 0 aromatic heterocycles. The Morgan fingerprint density at radius 3 is 2.41 bits per heavy atom. The molecule has 1 amide bonds. The van der Waals surface area contributed by atoms with Crippen molar-refractivity contribution in [1.29, 1.82) is 0 Å². The van der Waals surface area contributed by atoms with Crippen LogP contribution < -0.4 is 5.32 Å². The molecule has 0 radical (unpaired) electrons. The van der Waals surface area contributed by atoms with E-state index < -0.39 is 39.5 Å². The summed E-state index contributed by atoms with van der Waals surface area (Å²) in [4.78, 5) is 12.6. The number of rotatable bonds is 4. The normalized spacial score (nSPS) is 18.4. The molecule has 0 saturated carbocycles. The first-order valence-electron chi connectivity index (χ1n) is 8.84. The van der Waals surface area contributed by atoms with Gasteiger partial charge >= 0.3 is 6.18 Å². The zero-order valence-electron chi connectivity index (χ0n) is 15.1. The molecule has 1 fully saturated rings. The lowest BCUT2D eigenvalue weighted by molar-refractivity contribution is -0.137.